The SMILES string of the molecule is CCCOc1ccc(N2CCN[C@H](C)C2)cc1. The molecule has 1 N–H and O–H groups in total. The highest BCUT2D eigenvalue weighted by atomic mass is 16.5. The van der Waals surface area contributed by atoms with Crippen LogP contribution in [0.4, 0.5) is 5.69 Å². The number of hydrogen-bond donors (Lipinski definition) is 1. The Hall–Kier alpha value is -1.22. The van der Waals surface area contributed by atoms with Crippen LogP contribution in [0, 0.1) is 0 Å². The van der Waals surface area contributed by atoms with Gasteiger partial charge in [-0.3, -0.25) is 0 Å². The molecule has 1 aliphatic heterocycles. The molecule has 0 aliphatic carbocycles. The molecular weight excluding hydrogens is 212 g/mol. The number of rotatable bonds is 4. The highest BCUT2D eigenvalue weighted by Gasteiger charge is 2.15. The lowest BCUT2D eigenvalue weighted by atomic mass is 10.2. The van der Waals surface area contributed by atoms with Gasteiger partial charge in [-0.05, 0) is 37.6 Å². The summed E-state index contributed by atoms with van der Waals surface area (Å²) in [5.74, 6) is 0.971. The van der Waals surface area contributed by atoms with Crippen LogP contribution >= 0.6 is 0 Å². The van der Waals surface area contributed by atoms with E-state index in [0.717, 1.165) is 38.4 Å². The lowest BCUT2D eigenvalue weighted by Gasteiger charge is -2.33. The van der Waals surface area contributed by atoms with Gasteiger partial charge in [0, 0.05) is 31.4 Å². The van der Waals surface area contributed by atoms with Gasteiger partial charge in [0.05, 0.1) is 6.61 Å². The van der Waals surface area contributed by atoms with Crippen LogP contribution in [0.5, 0.6) is 5.75 Å². The van der Waals surface area contributed by atoms with Gasteiger partial charge in [-0.25, -0.2) is 0 Å². The predicted octanol–water partition coefficient (Wildman–Crippen LogP) is 2.27. The summed E-state index contributed by atoms with van der Waals surface area (Å²) in [6, 6.07) is 9.02. The number of nitrogens with one attached hydrogen (secondary N) is 1. The molecule has 17 heavy (non-hydrogen) atoms. The molecule has 94 valence electrons. The number of hydrogen-bond acceptors (Lipinski definition) is 3. The minimum atomic E-state index is 0.569. The molecule has 0 saturated carbocycles. The van der Waals surface area contributed by atoms with Crippen molar-refractivity contribution in [3.8, 4) is 5.75 Å². The van der Waals surface area contributed by atoms with E-state index < -0.39 is 0 Å². The van der Waals surface area contributed by atoms with Crippen LogP contribution in [-0.2, 0) is 0 Å². The van der Waals surface area contributed by atoms with Gasteiger partial charge in [0.2, 0.25) is 0 Å². The van der Waals surface area contributed by atoms with Crippen molar-refractivity contribution in [2.75, 3.05) is 31.1 Å². The van der Waals surface area contributed by atoms with Crippen molar-refractivity contribution in [1.82, 2.24) is 5.32 Å². The Morgan fingerprint density at radius 3 is 2.76 bits per heavy atom. The van der Waals surface area contributed by atoms with Gasteiger partial charge in [-0.2, -0.15) is 0 Å². The average molecular weight is 234 g/mol. The van der Waals surface area contributed by atoms with Gasteiger partial charge in [-0.15, -0.1) is 0 Å². The maximum Gasteiger partial charge on any atom is 0.119 e. The van der Waals surface area contributed by atoms with E-state index in [9.17, 15) is 0 Å². The molecule has 1 fully saturated rings. The second-order valence-corrected chi connectivity index (χ2v) is 4.64. The second-order valence-electron chi connectivity index (χ2n) is 4.64. The molecule has 0 amide bonds. The first-order valence-corrected chi connectivity index (χ1v) is 6.51. The van der Waals surface area contributed by atoms with Crippen molar-refractivity contribution in [3.63, 3.8) is 0 Å². The molecule has 1 aliphatic rings. The number of benzene rings is 1. The quantitative estimate of drug-likeness (QED) is 0.865. The maximum absolute atomic E-state index is 5.59. The third-order valence-corrected chi connectivity index (χ3v) is 3.04. The molecule has 0 radical (unpaired) electrons. The average Bonchev–Trinajstić information content (AvgIpc) is 2.37. The summed E-state index contributed by atoms with van der Waals surface area (Å²) in [4.78, 5) is 2.42. The lowest BCUT2D eigenvalue weighted by Crippen LogP contribution is -2.49. The maximum atomic E-state index is 5.59. The molecule has 1 atom stereocenters. The van der Waals surface area contributed by atoms with Crippen molar-refractivity contribution in [2.45, 2.75) is 26.3 Å². The molecule has 1 aromatic rings. The number of nitrogens with zero attached hydrogens (tertiary/aromatic N) is 1. The van der Waals surface area contributed by atoms with Crippen LogP contribution in [0.3, 0.4) is 0 Å². The highest BCUT2D eigenvalue weighted by Crippen LogP contribution is 2.20. The second kappa shape index (κ2) is 5.92. The van der Waals surface area contributed by atoms with Crippen LogP contribution in [-0.4, -0.2) is 32.3 Å². The third kappa shape index (κ3) is 3.37. The Morgan fingerprint density at radius 2 is 2.12 bits per heavy atom. The Labute approximate surface area is 104 Å². The van der Waals surface area contributed by atoms with Crippen LogP contribution in [0.25, 0.3) is 0 Å². The molecule has 3 nitrogen and oxygen atoms in total. The molecular formula is C14H22N2O. The minimum absolute atomic E-state index is 0.569. The van der Waals surface area contributed by atoms with Crippen molar-refractivity contribution in [2.24, 2.45) is 0 Å². The van der Waals surface area contributed by atoms with Crippen molar-refractivity contribution >= 4 is 5.69 Å². The van der Waals surface area contributed by atoms with Gasteiger partial charge in [0.15, 0.2) is 0 Å². The zero-order chi connectivity index (χ0) is 12.1. The van der Waals surface area contributed by atoms with E-state index in [-0.39, 0.29) is 0 Å². The number of ether oxygens (including phenoxy) is 1. The standard InChI is InChI=1S/C14H22N2O/c1-3-10-17-14-6-4-13(5-7-14)16-9-8-15-12(2)11-16/h4-7,12,15H,3,8-11H2,1-2H3/t12-/m1/s1. The molecule has 1 aromatic carbocycles. The number of anilines is 1. The van der Waals surface area contributed by atoms with E-state index in [1.54, 1.807) is 0 Å². The van der Waals surface area contributed by atoms with Crippen LogP contribution in [0.15, 0.2) is 24.3 Å². The largest absolute Gasteiger partial charge is 0.494 e. The molecule has 0 unspecified atom stereocenters. The smallest absolute Gasteiger partial charge is 0.119 e. The van der Waals surface area contributed by atoms with Gasteiger partial charge < -0.3 is 15.0 Å². The lowest BCUT2D eigenvalue weighted by molar-refractivity contribution is 0.317. The fourth-order valence-corrected chi connectivity index (χ4v) is 2.14. The van der Waals surface area contributed by atoms with Gasteiger partial charge in [0.1, 0.15) is 5.75 Å². The summed E-state index contributed by atoms with van der Waals surface area (Å²) in [5, 5.41) is 3.45. The molecule has 2 rings (SSSR count). The molecule has 3 heteroatoms. The summed E-state index contributed by atoms with van der Waals surface area (Å²) in [7, 11) is 0. The van der Waals surface area contributed by atoms with Gasteiger partial charge >= 0.3 is 0 Å². The van der Waals surface area contributed by atoms with Crippen LogP contribution in [0.1, 0.15) is 20.3 Å². The fraction of sp³-hybridized carbons (Fsp3) is 0.571. The summed E-state index contributed by atoms with van der Waals surface area (Å²) in [6.07, 6.45) is 1.05. The Bertz CT molecular complexity index is 337. The fourth-order valence-electron chi connectivity index (χ4n) is 2.14. The monoisotopic (exact) mass is 234 g/mol. The van der Waals surface area contributed by atoms with E-state index in [1.807, 2.05) is 0 Å². The normalized spacial score (nSPS) is 20.4. The first kappa shape index (κ1) is 12.2. The van der Waals surface area contributed by atoms with Crippen molar-refractivity contribution in [1.29, 1.82) is 0 Å². The van der Waals surface area contributed by atoms with Crippen molar-refractivity contribution < 1.29 is 4.74 Å². The Kier molecular flexibility index (Phi) is 4.26. The van der Waals surface area contributed by atoms with E-state index in [2.05, 4.69) is 48.3 Å². The summed E-state index contributed by atoms with van der Waals surface area (Å²) < 4.78 is 5.59. The highest BCUT2D eigenvalue weighted by molar-refractivity contribution is 5.49. The third-order valence-electron chi connectivity index (χ3n) is 3.04. The predicted molar refractivity (Wildman–Crippen MR) is 71.9 cm³/mol. The van der Waals surface area contributed by atoms with E-state index in [0.29, 0.717) is 6.04 Å². The van der Waals surface area contributed by atoms with E-state index >= 15 is 0 Å². The van der Waals surface area contributed by atoms with Crippen molar-refractivity contribution in [3.05, 3.63) is 24.3 Å². The van der Waals surface area contributed by atoms with Gasteiger partial charge in [-0.1, -0.05) is 6.92 Å². The Balaban J connectivity index is 1.96. The van der Waals surface area contributed by atoms with Crippen LogP contribution in [0.2, 0.25) is 0 Å². The zero-order valence-corrected chi connectivity index (χ0v) is 10.8. The Morgan fingerprint density at radius 1 is 1.35 bits per heavy atom. The molecule has 0 bridgehead atoms. The molecule has 1 heterocycles. The minimum Gasteiger partial charge on any atom is -0.494 e. The zero-order valence-electron chi connectivity index (χ0n) is 10.8. The summed E-state index contributed by atoms with van der Waals surface area (Å²) >= 11 is 0. The molecule has 0 spiro atoms. The number of piperazine rings is 1. The molecule has 0 aromatic heterocycles. The van der Waals surface area contributed by atoms with Crippen LogP contribution < -0.4 is 15.0 Å². The summed E-state index contributed by atoms with van der Waals surface area (Å²) in [6.45, 7) is 8.37. The first-order valence-electron chi connectivity index (χ1n) is 6.51. The first-order chi connectivity index (χ1) is 8.29. The van der Waals surface area contributed by atoms with E-state index in [1.165, 1.54) is 5.69 Å². The topological polar surface area (TPSA) is 24.5 Å². The van der Waals surface area contributed by atoms with Gasteiger partial charge in [0.25, 0.3) is 0 Å². The molecule has 1 saturated heterocycles. The summed E-state index contributed by atoms with van der Waals surface area (Å²) in [5.41, 5.74) is 1.29. The van der Waals surface area contributed by atoms with E-state index in [4.69, 9.17) is 4.74 Å².